The number of carbonyl (C=O) groups is 2. The van der Waals surface area contributed by atoms with E-state index in [1.54, 1.807) is 0 Å². The second-order valence-corrected chi connectivity index (χ2v) is 6.18. The average Bonchev–Trinajstić information content (AvgIpc) is 2.60. The molecule has 0 unspecified atom stereocenters. The maximum Gasteiger partial charge on any atom is 0.339 e. The molecule has 1 aliphatic rings. The third-order valence-electron chi connectivity index (χ3n) is 4.48. The Labute approximate surface area is 138 Å². The monoisotopic (exact) mass is 329 g/mol. The Morgan fingerprint density at radius 1 is 1.21 bits per heavy atom. The van der Waals surface area contributed by atoms with Gasteiger partial charge in [0, 0.05) is 12.6 Å². The van der Waals surface area contributed by atoms with Gasteiger partial charge in [0.15, 0.2) is 16.8 Å². The fourth-order valence-electron chi connectivity index (χ4n) is 3.17. The van der Waals surface area contributed by atoms with Gasteiger partial charge in [0.1, 0.15) is 5.56 Å². The van der Waals surface area contributed by atoms with Crippen molar-refractivity contribution >= 4 is 22.8 Å². The molecule has 1 aliphatic carbocycles. The molecule has 6 nitrogen and oxygen atoms in total. The zero-order valence-electron chi connectivity index (χ0n) is 13.2. The number of aromatic carboxylic acids is 1. The van der Waals surface area contributed by atoms with Crippen LogP contribution in [0, 0.1) is 5.92 Å². The lowest BCUT2D eigenvalue weighted by Crippen LogP contribution is -2.30. The van der Waals surface area contributed by atoms with E-state index in [1.165, 1.54) is 37.5 Å². The summed E-state index contributed by atoms with van der Waals surface area (Å²) in [6.45, 7) is 0.543. The van der Waals surface area contributed by atoms with E-state index >= 15 is 0 Å². The van der Waals surface area contributed by atoms with Gasteiger partial charge in [-0.05, 0) is 30.9 Å². The normalized spacial score (nSPS) is 15.3. The van der Waals surface area contributed by atoms with Gasteiger partial charge in [-0.2, -0.15) is 0 Å². The molecule has 0 aliphatic heterocycles. The Balaban J connectivity index is 1.86. The van der Waals surface area contributed by atoms with Crippen LogP contribution in [0.15, 0.2) is 33.5 Å². The van der Waals surface area contributed by atoms with Gasteiger partial charge in [-0.15, -0.1) is 0 Å². The van der Waals surface area contributed by atoms with Crippen LogP contribution in [0.5, 0.6) is 0 Å². The fraction of sp³-hybridized carbons (Fsp3) is 0.389. The van der Waals surface area contributed by atoms with Crippen LogP contribution in [0.1, 0.15) is 53.0 Å². The van der Waals surface area contributed by atoms with Gasteiger partial charge in [-0.3, -0.25) is 9.59 Å². The second kappa shape index (κ2) is 6.86. The summed E-state index contributed by atoms with van der Waals surface area (Å²) in [5, 5.41) is 12.2. The van der Waals surface area contributed by atoms with Gasteiger partial charge in [0.2, 0.25) is 0 Å². The number of hydrogen-bond acceptors (Lipinski definition) is 4. The number of carboxylic acids is 1. The van der Waals surface area contributed by atoms with Crippen molar-refractivity contribution in [1.82, 2.24) is 5.32 Å². The molecule has 1 saturated carbocycles. The number of hydrogen-bond donors (Lipinski definition) is 2. The first-order chi connectivity index (χ1) is 11.6. The van der Waals surface area contributed by atoms with Crippen LogP contribution in [0.2, 0.25) is 0 Å². The number of nitrogens with one attached hydrogen (secondary N) is 1. The van der Waals surface area contributed by atoms with Crippen molar-refractivity contribution in [2.24, 2.45) is 5.92 Å². The molecule has 0 bridgehead atoms. The summed E-state index contributed by atoms with van der Waals surface area (Å²) >= 11 is 0. The molecule has 0 radical (unpaired) electrons. The maximum absolute atomic E-state index is 12.3. The molecule has 1 aromatic carbocycles. The molecule has 6 heteroatoms. The molecule has 1 fully saturated rings. The number of carboxylic acid groups (broad SMARTS) is 1. The Kier molecular flexibility index (Phi) is 4.64. The van der Waals surface area contributed by atoms with Crippen LogP contribution in [0.25, 0.3) is 11.0 Å². The zero-order valence-corrected chi connectivity index (χ0v) is 13.2. The molecule has 1 amide bonds. The summed E-state index contributed by atoms with van der Waals surface area (Å²) in [4.78, 5) is 35.7. The van der Waals surface area contributed by atoms with E-state index < -0.39 is 17.3 Å². The van der Waals surface area contributed by atoms with E-state index in [9.17, 15) is 19.5 Å². The highest BCUT2D eigenvalue weighted by atomic mass is 16.4. The maximum atomic E-state index is 12.3. The lowest BCUT2D eigenvalue weighted by atomic mass is 9.89. The summed E-state index contributed by atoms with van der Waals surface area (Å²) in [5.74, 6) is -1.40. The number of rotatable bonds is 4. The van der Waals surface area contributed by atoms with Gasteiger partial charge in [0.25, 0.3) is 5.91 Å². The lowest BCUT2D eigenvalue weighted by Gasteiger charge is -2.21. The molecule has 1 heterocycles. The standard InChI is InChI=1S/C18H19NO5/c20-14-9-15(17(21)19-10-11-5-2-1-3-6-11)24-16-12(14)7-4-8-13(16)18(22)23/h4,7-9,11H,1-3,5-6,10H2,(H,19,21)(H,22,23). The predicted molar refractivity (Wildman–Crippen MR) is 88.4 cm³/mol. The molecule has 1 aromatic heterocycles. The molecule has 126 valence electrons. The summed E-state index contributed by atoms with van der Waals surface area (Å²) in [6, 6.07) is 5.42. The van der Waals surface area contributed by atoms with Gasteiger partial charge < -0.3 is 14.8 Å². The number of carbonyl (C=O) groups excluding carboxylic acids is 1. The van der Waals surface area contributed by atoms with E-state index in [2.05, 4.69) is 5.32 Å². The highest BCUT2D eigenvalue weighted by Crippen LogP contribution is 2.23. The number of amides is 1. The first kappa shape index (κ1) is 16.2. The van der Waals surface area contributed by atoms with Crippen molar-refractivity contribution in [3.63, 3.8) is 0 Å². The van der Waals surface area contributed by atoms with Crippen LogP contribution >= 0.6 is 0 Å². The molecular formula is C18H19NO5. The van der Waals surface area contributed by atoms with E-state index in [-0.39, 0.29) is 22.3 Å². The quantitative estimate of drug-likeness (QED) is 0.899. The van der Waals surface area contributed by atoms with E-state index in [0.29, 0.717) is 12.5 Å². The molecule has 2 N–H and O–H groups in total. The third kappa shape index (κ3) is 3.32. The highest BCUT2D eigenvalue weighted by molar-refractivity contribution is 6.02. The molecule has 0 spiro atoms. The van der Waals surface area contributed by atoms with E-state index in [0.717, 1.165) is 18.9 Å². The van der Waals surface area contributed by atoms with Gasteiger partial charge in [-0.1, -0.05) is 25.3 Å². The Bertz CT molecular complexity index is 833. The van der Waals surface area contributed by atoms with Crippen LogP contribution in [0.3, 0.4) is 0 Å². The molecule has 0 atom stereocenters. The summed E-state index contributed by atoms with van der Waals surface area (Å²) in [6.07, 6.45) is 5.76. The van der Waals surface area contributed by atoms with Crippen molar-refractivity contribution < 1.29 is 19.1 Å². The van der Waals surface area contributed by atoms with Crippen LogP contribution < -0.4 is 10.7 Å². The summed E-state index contributed by atoms with van der Waals surface area (Å²) in [5.41, 5.74) is -0.631. The second-order valence-electron chi connectivity index (χ2n) is 6.18. The lowest BCUT2D eigenvalue weighted by molar-refractivity contribution is 0.0696. The van der Waals surface area contributed by atoms with Crippen molar-refractivity contribution in [2.75, 3.05) is 6.54 Å². The van der Waals surface area contributed by atoms with Crippen molar-refractivity contribution in [3.05, 3.63) is 45.8 Å². The highest BCUT2D eigenvalue weighted by Gasteiger charge is 2.19. The topological polar surface area (TPSA) is 96.6 Å². The average molecular weight is 329 g/mol. The Morgan fingerprint density at radius 2 is 1.96 bits per heavy atom. The number of benzene rings is 1. The number of fused-ring (bicyclic) bond motifs is 1. The SMILES string of the molecule is O=C(NCC1CCCCC1)c1cc(=O)c2cccc(C(=O)O)c2o1. The summed E-state index contributed by atoms with van der Waals surface area (Å²) < 4.78 is 5.44. The minimum atomic E-state index is -1.21. The fourth-order valence-corrected chi connectivity index (χ4v) is 3.17. The predicted octanol–water partition coefficient (Wildman–Crippen LogP) is 2.80. The molecule has 24 heavy (non-hydrogen) atoms. The molecule has 2 aromatic rings. The first-order valence-electron chi connectivity index (χ1n) is 8.14. The van der Waals surface area contributed by atoms with Crippen LogP contribution in [-0.2, 0) is 0 Å². The van der Waals surface area contributed by atoms with E-state index in [4.69, 9.17) is 4.42 Å². The van der Waals surface area contributed by atoms with Gasteiger partial charge in [0.05, 0.1) is 5.39 Å². The van der Waals surface area contributed by atoms with Crippen LogP contribution in [-0.4, -0.2) is 23.5 Å². The Hall–Kier alpha value is -2.63. The van der Waals surface area contributed by atoms with Crippen molar-refractivity contribution in [3.8, 4) is 0 Å². The molecule has 3 rings (SSSR count). The Morgan fingerprint density at radius 3 is 2.67 bits per heavy atom. The van der Waals surface area contributed by atoms with Crippen molar-refractivity contribution in [1.29, 1.82) is 0 Å². The van der Waals surface area contributed by atoms with Crippen molar-refractivity contribution in [2.45, 2.75) is 32.1 Å². The minimum absolute atomic E-state index is 0.0692. The van der Waals surface area contributed by atoms with Gasteiger partial charge in [-0.25, -0.2) is 4.79 Å². The van der Waals surface area contributed by atoms with Crippen LogP contribution in [0.4, 0.5) is 0 Å². The molecular weight excluding hydrogens is 310 g/mol. The number of para-hydroxylation sites is 1. The largest absolute Gasteiger partial charge is 0.478 e. The smallest absolute Gasteiger partial charge is 0.339 e. The third-order valence-corrected chi connectivity index (χ3v) is 4.48. The zero-order chi connectivity index (χ0) is 17.1. The van der Waals surface area contributed by atoms with Gasteiger partial charge >= 0.3 is 5.97 Å². The molecule has 0 saturated heterocycles. The first-order valence-corrected chi connectivity index (χ1v) is 8.14. The summed E-state index contributed by atoms with van der Waals surface area (Å²) in [7, 11) is 0. The van der Waals surface area contributed by atoms with E-state index in [1.807, 2.05) is 0 Å². The minimum Gasteiger partial charge on any atom is -0.478 e.